The molecule has 1 aliphatic rings. The first-order valence-electron chi connectivity index (χ1n) is 6.42. The molecule has 108 valence electrons. The molecule has 0 N–H and O–H groups in total. The SMILES string of the molecule is Cl.O=c1ccccn1-c1occ(CN2CCCC2)c1F. The average Bonchev–Trinajstić information content (AvgIpc) is 3.03. The highest BCUT2D eigenvalue weighted by Gasteiger charge is 2.19. The summed E-state index contributed by atoms with van der Waals surface area (Å²) in [5.74, 6) is -0.472. The van der Waals surface area contributed by atoms with Gasteiger partial charge in [0.15, 0.2) is 5.82 Å². The first-order valence-corrected chi connectivity index (χ1v) is 6.42. The van der Waals surface area contributed by atoms with Crippen molar-refractivity contribution in [1.82, 2.24) is 9.47 Å². The van der Waals surface area contributed by atoms with Crippen LogP contribution in [0.5, 0.6) is 0 Å². The van der Waals surface area contributed by atoms with Gasteiger partial charge in [-0.3, -0.25) is 14.3 Å². The number of pyridine rings is 1. The molecule has 0 spiro atoms. The number of hydrogen-bond donors (Lipinski definition) is 0. The summed E-state index contributed by atoms with van der Waals surface area (Å²) in [5.41, 5.74) is 0.205. The van der Waals surface area contributed by atoms with Gasteiger partial charge < -0.3 is 4.42 Å². The highest BCUT2D eigenvalue weighted by atomic mass is 35.5. The summed E-state index contributed by atoms with van der Waals surface area (Å²) in [4.78, 5) is 13.8. The molecule has 3 rings (SSSR count). The molecule has 0 radical (unpaired) electrons. The lowest BCUT2D eigenvalue weighted by Gasteiger charge is -2.12. The smallest absolute Gasteiger partial charge is 0.257 e. The quantitative estimate of drug-likeness (QED) is 0.874. The van der Waals surface area contributed by atoms with Crippen molar-refractivity contribution < 1.29 is 8.81 Å². The van der Waals surface area contributed by atoms with E-state index >= 15 is 0 Å². The van der Waals surface area contributed by atoms with E-state index in [1.807, 2.05) is 0 Å². The molecule has 20 heavy (non-hydrogen) atoms. The van der Waals surface area contributed by atoms with Gasteiger partial charge in [0.1, 0.15) is 6.26 Å². The highest BCUT2D eigenvalue weighted by Crippen LogP contribution is 2.21. The van der Waals surface area contributed by atoms with Crippen molar-refractivity contribution >= 4 is 12.4 Å². The zero-order chi connectivity index (χ0) is 13.2. The van der Waals surface area contributed by atoms with Crippen LogP contribution in [0.3, 0.4) is 0 Å². The molecule has 2 aromatic rings. The minimum absolute atomic E-state index is 0. The summed E-state index contributed by atoms with van der Waals surface area (Å²) < 4.78 is 20.7. The van der Waals surface area contributed by atoms with E-state index in [2.05, 4.69) is 4.90 Å². The summed E-state index contributed by atoms with van der Waals surface area (Å²) >= 11 is 0. The Balaban J connectivity index is 0.00000147. The van der Waals surface area contributed by atoms with Gasteiger partial charge in [-0.1, -0.05) is 6.07 Å². The number of hydrogen-bond acceptors (Lipinski definition) is 3. The third-order valence-corrected chi connectivity index (χ3v) is 3.42. The summed E-state index contributed by atoms with van der Waals surface area (Å²) in [6.45, 7) is 2.52. The fourth-order valence-electron chi connectivity index (χ4n) is 2.41. The largest absolute Gasteiger partial charge is 0.445 e. The average molecular weight is 299 g/mol. The van der Waals surface area contributed by atoms with Gasteiger partial charge in [0, 0.05) is 24.4 Å². The maximum absolute atomic E-state index is 14.3. The Morgan fingerprint density at radius 2 is 2.00 bits per heavy atom. The Hall–Kier alpha value is -1.59. The van der Waals surface area contributed by atoms with Gasteiger partial charge in [0.2, 0.25) is 5.88 Å². The van der Waals surface area contributed by atoms with E-state index in [4.69, 9.17) is 4.42 Å². The molecule has 6 heteroatoms. The predicted molar refractivity (Wildman–Crippen MR) is 76.0 cm³/mol. The number of likely N-dealkylation sites (tertiary alicyclic amines) is 1. The lowest BCUT2D eigenvalue weighted by atomic mass is 10.3. The van der Waals surface area contributed by atoms with Crippen molar-refractivity contribution in [3.63, 3.8) is 0 Å². The second-order valence-corrected chi connectivity index (χ2v) is 4.77. The molecule has 1 saturated heterocycles. The van der Waals surface area contributed by atoms with Gasteiger partial charge in [-0.05, 0) is 32.0 Å². The predicted octanol–water partition coefficient (Wildman–Crippen LogP) is 2.59. The van der Waals surface area contributed by atoms with Crippen molar-refractivity contribution in [1.29, 1.82) is 0 Å². The zero-order valence-electron chi connectivity index (χ0n) is 10.9. The van der Waals surface area contributed by atoms with Crippen LogP contribution in [0, 0.1) is 5.82 Å². The minimum atomic E-state index is -0.444. The van der Waals surface area contributed by atoms with Crippen molar-refractivity contribution in [3.05, 3.63) is 52.4 Å². The maximum Gasteiger partial charge on any atom is 0.257 e. The zero-order valence-corrected chi connectivity index (χ0v) is 11.7. The van der Waals surface area contributed by atoms with Crippen molar-refractivity contribution in [3.8, 4) is 5.88 Å². The highest BCUT2D eigenvalue weighted by molar-refractivity contribution is 5.85. The Kier molecular flexibility index (Phi) is 4.62. The molecule has 0 amide bonds. The first-order chi connectivity index (χ1) is 9.25. The van der Waals surface area contributed by atoms with E-state index in [0.29, 0.717) is 12.1 Å². The third kappa shape index (κ3) is 2.78. The van der Waals surface area contributed by atoms with Gasteiger partial charge in [-0.2, -0.15) is 0 Å². The van der Waals surface area contributed by atoms with Gasteiger partial charge in [-0.25, -0.2) is 4.39 Å². The van der Waals surface area contributed by atoms with Crippen molar-refractivity contribution in [2.45, 2.75) is 19.4 Å². The van der Waals surface area contributed by atoms with Crippen LogP contribution < -0.4 is 5.56 Å². The van der Waals surface area contributed by atoms with Crippen LogP contribution in [-0.2, 0) is 6.54 Å². The van der Waals surface area contributed by atoms with Gasteiger partial charge in [-0.15, -0.1) is 12.4 Å². The number of halogens is 2. The molecule has 3 heterocycles. The lowest BCUT2D eigenvalue weighted by molar-refractivity contribution is 0.325. The van der Waals surface area contributed by atoms with Gasteiger partial charge in [0.25, 0.3) is 5.56 Å². The number of aromatic nitrogens is 1. The summed E-state index contributed by atoms with van der Waals surface area (Å²) in [7, 11) is 0. The van der Waals surface area contributed by atoms with Crippen LogP contribution in [0.1, 0.15) is 18.4 Å². The van der Waals surface area contributed by atoms with E-state index in [0.717, 1.165) is 25.9 Å². The summed E-state index contributed by atoms with van der Waals surface area (Å²) in [6, 6.07) is 4.66. The van der Waals surface area contributed by atoms with Crippen LogP contribution in [0.25, 0.3) is 5.88 Å². The molecular weight excluding hydrogens is 283 g/mol. The fourth-order valence-corrected chi connectivity index (χ4v) is 2.41. The van der Waals surface area contributed by atoms with E-state index in [9.17, 15) is 9.18 Å². The standard InChI is InChI=1S/C14H15FN2O2.ClH/c15-13-11(9-16-6-3-4-7-16)10-19-14(13)17-8-2-1-5-12(17)18;/h1-2,5,8,10H,3-4,6-7,9H2;1H. The molecule has 0 saturated carbocycles. The second-order valence-electron chi connectivity index (χ2n) is 4.77. The number of nitrogens with zero attached hydrogens (tertiary/aromatic N) is 2. The van der Waals surface area contributed by atoms with E-state index < -0.39 is 5.82 Å². The Morgan fingerprint density at radius 3 is 2.70 bits per heavy atom. The van der Waals surface area contributed by atoms with E-state index in [1.165, 1.54) is 23.1 Å². The molecule has 4 nitrogen and oxygen atoms in total. The molecule has 0 unspecified atom stereocenters. The maximum atomic E-state index is 14.3. The molecule has 1 fully saturated rings. The normalized spacial score (nSPS) is 15.2. The van der Waals surface area contributed by atoms with E-state index in [-0.39, 0.29) is 23.9 Å². The Bertz CT molecular complexity index is 632. The molecular formula is C14H16ClFN2O2. The van der Waals surface area contributed by atoms with Gasteiger partial charge in [0.05, 0.1) is 0 Å². The molecule has 0 bridgehead atoms. The number of rotatable bonds is 3. The Labute approximate surface area is 122 Å². The first kappa shape index (κ1) is 14.8. The van der Waals surface area contributed by atoms with Crippen LogP contribution in [0.2, 0.25) is 0 Å². The van der Waals surface area contributed by atoms with Crippen LogP contribution >= 0.6 is 12.4 Å². The van der Waals surface area contributed by atoms with Crippen LogP contribution in [0.4, 0.5) is 4.39 Å². The lowest BCUT2D eigenvalue weighted by Crippen LogP contribution is -2.19. The molecule has 1 aliphatic heterocycles. The second kappa shape index (κ2) is 6.24. The van der Waals surface area contributed by atoms with E-state index in [1.54, 1.807) is 12.1 Å². The monoisotopic (exact) mass is 298 g/mol. The van der Waals surface area contributed by atoms with Crippen LogP contribution in [-0.4, -0.2) is 22.6 Å². The molecule has 2 aromatic heterocycles. The van der Waals surface area contributed by atoms with Crippen molar-refractivity contribution in [2.24, 2.45) is 0 Å². The Morgan fingerprint density at radius 1 is 1.25 bits per heavy atom. The fraction of sp³-hybridized carbons (Fsp3) is 0.357. The molecule has 0 aromatic carbocycles. The molecule has 0 aliphatic carbocycles. The number of furan rings is 1. The van der Waals surface area contributed by atoms with Crippen molar-refractivity contribution in [2.75, 3.05) is 13.1 Å². The van der Waals surface area contributed by atoms with Crippen LogP contribution in [0.15, 0.2) is 39.9 Å². The topological polar surface area (TPSA) is 38.4 Å². The minimum Gasteiger partial charge on any atom is -0.445 e. The summed E-state index contributed by atoms with van der Waals surface area (Å²) in [6.07, 6.45) is 5.22. The molecule has 0 atom stereocenters. The van der Waals surface area contributed by atoms with Gasteiger partial charge >= 0.3 is 0 Å². The third-order valence-electron chi connectivity index (χ3n) is 3.42. The summed E-state index contributed by atoms with van der Waals surface area (Å²) in [5, 5.41) is 0.